The molecule has 1 aliphatic rings. The molecule has 0 radical (unpaired) electrons. The van der Waals surface area contributed by atoms with Crippen molar-refractivity contribution in [1.82, 2.24) is 15.5 Å². The number of carbonyl (C=O) groups excluding carboxylic acids is 3. The van der Waals surface area contributed by atoms with Gasteiger partial charge in [0.25, 0.3) is 11.8 Å². The number of carbonyl (C=O) groups is 3. The molecule has 0 saturated carbocycles. The van der Waals surface area contributed by atoms with Gasteiger partial charge in [0.05, 0.1) is 12.1 Å². The lowest BCUT2D eigenvalue weighted by Gasteiger charge is -2.25. The number of primary amides is 1. The van der Waals surface area contributed by atoms with Crippen LogP contribution < -0.4 is 16.4 Å². The summed E-state index contributed by atoms with van der Waals surface area (Å²) < 4.78 is 27.9. The molecule has 3 aromatic carbocycles. The van der Waals surface area contributed by atoms with Crippen LogP contribution in [0.2, 0.25) is 0 Å². The molecule has 1 saturated heterocycles. The van der Waals surface area contributed by atoms with Gasteiger partial charge in [-0.2, -0.15) is 0 Å². The highest BCUT2D eigenvalue weighted by molar-refractivity contribution is 6.01. The molecule has 10 heteroatoms. The van der Waals surface area contributed by atoms with E-state index in [1.807, 2.05) is 18.2 Å². The first-order valence-electron chi connectivity index (χ1n) is 14.5. The molecule has 228 valence electrons. The van der Waals surface area contributed by atoms with Crippen LogP contribution in [0.15, 0.2) is 60.7 Å². The van der Waals surface area contributed by atoms with E-state index in [-0.39, 0.29) is 29.7 Å². The molecule has 1 aliphatic heterocycles. The maximum atomic E-state index is 14.0. The van der Waals surface area contributed by atoms with E-state index in [1.54, 1.807) is 19.1 Å². The molecule has 0 aromatic heterocycles. The number of benzene rings is 3. The molecule has 3 amide bonds. The Balaban J connectivity index is 1.52. The Hall–Kier alpha value is -4.15. The van der Waals surface area contributed by atoms with Gasteiger partial charge in [0.2, 0.25) is 5.91 Å². The molecule has 5 N–H and O–H groups in total. The lowest BCUT2D eigenvalue weighted by Crippen LogP contribution is -2.48. The molecule has 3 atom stereocenters. The number of nitrogens with two attached hydrogens (primary N) is 1. The topological polar surface area (TPSA) is 125 Å². The van der Waals surface area contributed by atoms with Gasteiger partial charge in [-0.15, -0.1) is 0 Å². The minimum absolute atomic E-state index is 0.0414. The first-order chi connectivity index (χ1) is 20.5. The predicted molar refractivity (Wildman–Crippen MR) is 159 cm³/mol. The quantitative estimate of drug-likeness (QED) is 0.257. The van der Waals surface area contributed by atoms with Gasteiger partial charge in [0.1, 0.15) is 17.7 Å². The van der Waals surface area contributed by atoms with Crippen molar-refractivity contribution in [2.24, 2.45) is 5.73 Å². The monoisotopic (exact) mass is 592 g/mol. The SMILES string of the molecule is CCc1cccc(CNC[C@@H](O)[C@H](Cc2cc(F)cc(F)c2)NC(=O)c2cc(C)cc(C(=O)N3CCC[C@H]3C(N)=O)c2)c1. The van der Waals surface area contributed by atoms with Crippen LogP contribution >= 0.6 is 0 Å². The van der Waals surface area contributed by atoms with E-state index in [4.69, 9.17) is 5.73 Å². The van der Waals surface area contributed by atoms with Crippen molar-refractivity contribution in [2.75, 3.05) is 13.1 Å². The molecule has 1 heterocycles. The van der Waals surface area contributed by atoms with Crippen LogP contribution in [-0.4, -0.2) is 59.0 Å². The molecule has 0 bridgehead atoms. The van der Waals surface area contributed by atoms with Crippen molar-refractivity contribution in [3.05, 3.63) is 106 Å². The number of rotatable bonds is 12. The van der Waals surface area contributed by atoms with E-state index >= 15 is 0 Å². The maximum absolute atomic E-state index is 14.0. The third-order valence-corrected chi connectivity index (χ3v) is 7.67. The van der Waals surface area contributed by atoms with Crippen molar-refractivity contribution in [2.45, 2.75) is 64.3 Å². The summed E-state index contributed by atoms with van der Waals surface area (Å²) in [5.41, 5.74) is 9.02. The Labute approximate surface area is 250 Å². The van der Waals surface area contributed by atoms with Crippen LogP contribution in [0.4, 0.5) is 8.78 Å². The summed E-state index contributed by atoms with van der Waals surface area (Å²) in [5.74, 6) is -3.07. The summed E-state index contributed by atoms with van der Waals surface area (Å²) in [7, 11) is 0. The van der Waals surface area contributed by atoms with E-state index in [1.165, 1.54) is 16.5 Å². The number of aliphatic hydroxyl groups excluding tert-OH is 1. The normalized spacial score (nSPS) is 16.1. The van der Waals surface area contributed by atoms with Crippen molar-refractivity contribution in [3.8, 4) is 0 Å². The molecule has 0 spiro atoms. The Bertz CT molecular complexity index is 1460. The number of aliphatic hydroxyl groups is 1. The molecular formula is C33H38F2N4O4. The lowest BCUT2D eigenvalue weighted by molar-refractivity contribution is -0.121. The smallest absolute Gasteiger partial charge is 0.254 e. The number of hydrogen-bond acceptors (Lipinski definition) is 5. The van der Waals surface area contributed by atoms with Crippen LogP contribution in [0.25, 0.3) is 0 Å². The largest absolute Gasteiger partial charge is 0.390 e. The van der Waals surface area contributed by atoms with E-state index in [2.05, 4.69) is 23.6 Å². The van der Waals surface area contributed by atoms with Crippen molar-refractivity contribution < 1.29 is 28.3 Å². The van der Waals surface area contributed by atoms with Gasteiger partial charge in [-0.1, -0.05) is 31.2 Å². The first-order valence-corrected chi connectivity index (χ1v) is 14.5. The molecule has 1 fully saturated rings. The van der Waals surface area contributed by atoms with E-state index in [0.29, 0.717) is 31.5 Å². The second-order valence-electron chi connectivity index (χ2n) is 11.1. The van der Waals surface area contributed by atoms with E-state index < -0.39 is 47.5 Å². The standard InChI is InChI=1S/C33H38F2N4O4/c1-3-21-6-4-7-22(12-21)18-37-19-30(40)28(15-23-13-26(34)17-27(35)14-23)38-32(42)24-10-20(2)11-25(16-24)33(43)39-9-5-8-29(39)31(36)41/h4,6-7,10-14,16-17,28-30,37,40H,3,5,8-9,15,18-19H2,1-2H3,(H2,36,41)(H,38,42)/t28-,29-,30+/m0/s1. The second kappa shape index (κ2) is 14.3. The molecular weight excluding hydrogens is 554 g/mol. The Morgan fingerprint density at radius 3 is 2.40 bits per heavy atom. The van der Waals surface area contributed by atoms with Crippen LogP contribution in [0.1, 0.15) is 62.7 Å². The zero-order valence-electron chi connectivity index (χ0n) is 24.4. The number of amides is 3. The highest BCUT2D eigenvalue weighted by Crippen LogP contribution is 2.22. The third kappa shape index (κ3) is 8.46. The number of likely N-dealkylation sites (tertiary alicyclic amines) is 1. The average molecular weight is 593 g/mol. The molecule has 3 aromatic rings. The minimum Gasteiger partial charge on any atom is -0.390 e. The third-order valence-electron chi connectivity index (χ3n) is 7.67. The maximum Gasteiger partial charge on any atom is 0.254 e. The summed E-state index contributed by atoms with van der Waals surface area (Å²) in [6.45, 7) is 4.76. The van der Waals surface area contributed by atoms with Crippen molar-refractivity contribution >= 4 is 17.7 Å². The van der Waals surface area contributed by atoms with Gasteiger partial charge in [-0.3, -0.25) is 14.4 Å². The van der Waals surface area contributed by atoms with Crippen LogP contribution in [0, 0.1) is 18.6 Å². The Morgan fingerprint density at radius 2 is 1.70 bits per heavy atom. The molecule has 8 nitrogen and oxygen atoms in total. The fourth-order valence-corrected chi connectivity index (χ4v) is 5.49. The minimum atomic E-state index is -1.11. The zero-order chi connectivity index (χ0) is 31.1. The molecule has 43 heavy (non-hydrogen) atoms. The van der Waals surface area contributed by atoms with E-state index in [9.17, 15) is 28.3 Å². The predicted octanol–water partition coefficient (Wildman–Crippen LogP) is 3.42. The first kappa shape index (κ1) is 31.8. The van der Waals surface area contributed by atoms with Gasteiger partial charge in [0, 0.05) is 36.8 Å². The number of nitrogens with zero attached hydrogens (tertiary/aromatic N) is 1. The number of hydrogen-bond donors (Lipinski definition) is 4. The summed E-state index contributed by atoms with van der Waals surface area (Å²) in [6.07, 6.45) is 0.872. The highest BCUT2D eigenvalue weighted by Gasteiger charge is 2.33. The van der Waals surface area contributed by atoms with Crippen molar-refractivity contribution in [3.63, 3.8) is 0 Å². The molecule has 0 aliphatic carbocycles. The average Bonchev–Trinajstić information content (AvgIpc) is 3.46. The lowest BCUT2D eigenvalue weighted by atomic mass is 9.99. The van der Waals surface area contributed by atoms with Crippen LogP contribution in [-0.2, 0) is 24.2 Å². The van der Waals surface area contributed by atoms with Gasteiger partial charge in [-0.25, -0.2) is 8.78 Å². The Kier molecular flexibility index (Phi) is 10.6. The molecule has 0 unspecified atom stereocenters. The van der Waals surface area contributed by atoms with Crippen LogP contribution in [0.5, 0.6) is 0 Å². The summed E-state index contributed by atoms with van der Waals surface area (Å²) in [6, 6.07) is 14.2. The van der Waals surface area contributed by atoms with Gasteiger partial charge >= 0.3 is 0 Å². The fraction of sp³-hybridized carbons (Fsp3) is 0.364. The number of aryl methyl sites for hydroxylation is 2. The highest BCUT2D eigenvalue weighted by atomic mass is 19.1. The second-order valence-corrected chi connectivity index (χ2v) is 11.1. The number of nitrogens with one attached hydrogen (secondary N) is 2. The van der Waals surface area contributed by atoms with Gasteiger partial charge < -0.3 is 26.4 Å². The summed E-state index contributed by atoms with van der Waals surface area (Å²) in [4.78, 5) is 40.0. The Morgan fingerprint density at radius 1 is 1.00 bits per heavy atom. The van der Waals surface area contributed by atoms with Crippen LogP contribution in [0.3, 0.4) is 0 Å². The zero-order valence-corrected chi connectivity index (χ0v) is 24.4. The van der Waals surface area contributed by atoms with E-state index in [0.717, 1.165) is 30.2 Å². The van der Waals surface area contributed by atoms with Gasteiger partial charge in [-0.05, 0) is 85.2 Å². The van der Waals surface area contributed by atoms with Gasteiger partial charge in [0.15, 0.2) is 0 Å². The molecule has 4 rings (SSSR count). The van der Waals surface area contributed by atoms with Crippen molar-refractivity contribution in [1.29, 1.82) is 0 Å². The number of halogens is 2. The summed E-state index contributed by atoms with van der Waals surface area (Å²) in [5, 5.41) is 17.1. The fourth-order valence-electron chi connectivity index (χ4n) is 5.49. The summed E-state index contributed by atoms with van der Waals surface area (Å²) >= 11 is 0.